The average Bonchev–Trinajstić information content (AvgIpc) is 2.81. The van der Waals surface area contributed by atoms with E-state index in [1.54, 1.807) is 4.90 Å². The van der Waals surface area contributed by atoms with Gasteiger partial charge in [-0.1, -0.05) is 72.8 Å². The molecule has 0 aliphatic carbocycles. The van der Waals surface area contributed by atoms with Crippen LogP contribution in [0.2, 0.25) is 0 Å². The lowest BCUT2D eigenvalue weighted by Gasteiger charge is -2.28. The Labute approximate surface area is 175 Å². The predicted octanol–water partition coefficient (Wildman–Crippen LogP) is 3.86. The van der Waals surface area contributed by atoms with E-state index in [9.17, 15) is 9.59 Å². The summed E-state index contributed by atoms with van der Waals surface area (Å²) in [6.45, 7) is 0.659. The van der Waals surface area contributed by atoms with Gasteiger partial charge >= 0.3 is 5.97 Å². The average molecular weight is 401 g/mol. The quantitative estimate of drug-likeness (QED) is 0.589. The first-order valence-electron chi connectivity index (χ1n) is 9.98. The highest BCUT2D eigenvalue weighted by atomic mass is 16.6. The molecule has 1 heterocycles. The zero-order chi connectivity index (χ0) is 20.8. The zero-order valence-electron chi connectivity index (χ0n) is 16.6. The van der Waals surface area contributed by atoms with Gasteiger partial charge < -0.3 is 14.4 Å². The van der Waals surface area contributed by atoms with Crippen LogP contribution in [0.5, 0.6) is 5.75 Å². The minimum absolute atomic E-state index is 0.192. The highest BCUT2D eigenvalue weighted by molar-refractivity contribution is 5.81. The van der Waals surface area contributed by atoms with Crippen LogP contribution in [0.15, 0.2) is 78.9 Å². The Hall–Kier alpha value is -3.60. The molecule has 1 aliphatic rings. The Bertz CT molecular complexity index is 1030. The van der Waals surface area contributed by atoms with Crippen LogP contribution in [-0.2, 0) is 27.3 Å². The van der Waals surface area contributed by atoms with Crippen molar-refractivity contribution in [2.75, 3.05) is 19.8 Å². The van der Waals surface area contributed by atoms with Gasteiger partial charge in [0, 0.05) is 18.7 Å². The van der Waals surface area contributed by atoms with Gasteiger partial charge in [-0.2, -0.15) is 0 Å². The third-order valence-electron chi connectivity index (χ3n) is 5.16. The Balaban J connectivity index is 1.29. The summed E-state index contributed by atoms with van der Waals surface area (Å²) in [4.78, 5) is 26.3. The van der Waals surface area contributed by atoms with Crippen molar-refractivity contribution in [2.24, 2.45) is 0 Å². The van der Waals surface area contributed by atoms with Crippen molar-refractivity contribution < 1.29 is 19.1 Å². The van der Waals surface area contributed by atoms with E-state index >= 15 is 0 Å². The van der Waals surface area contributed by atoms with Gasteiger partial charge in [0.15, 0.2) is 13.2 Å². The second kappa shape index (κ2) is 9.27. The lowest BCUT2D eigenvalue weighted by atomic mass is 10.00. The fraction of sp³-hybridized carbons (Fsp3) is 0.200. The molecule has 0 radical (unpaired) electrons. The fourth-order valence-corrected chi connectivity index (χ4v) is 3.57. The largest absolute Gasteiger partial charge is 0.481 e. The molecule has 0 atom stereocenters. The monoisotopic (exact) mass is 401 g/mol. The molecule has 5 heteroatoms. The van der Waals surface area contributed by atoms with Crippen molar-refractivity contribution in [1.82, 2.24) is 4.90 Å². The van der Waals surface area contributed by atoms with E-state index in [1.807, 2.05) is 72.8 Å². The zero-order valence-corrected chi connectivity index (χ0v) is 16.6. The van der Waals surface area contributed by atoms with Gasteiger partial charge in [0.1, 0.15) is 5.75 Å². The number of para-hydroxylation sites is 1. The highest BCUT2D eigenvalue weighted by Gasteiger charge is 2.21. The Morgan fingerprint density at radius 3 is 2.33 bits per heavy atom. The second-order valence-electron chi connectivity index (χ2n) is 7.15. The minimum Gasteiger partial charge on any atom is -0.481 e. The van der Waals surface area contributed by atoms with E-state index in [1.165, 1.54) is 5.56 Å². The summed E-state index contributed by atoms with van der Waals surface area (Å²) < 4.78 is 10.8. The summed E-state index contributed by atoms with van der Waals surface area (Å²) in [6.07, 6.45) is 0.815. The number of esters is 1. The summed E-state index contributed by atoms with van der Waals surface area (Å²) in [5, 5.41) is 0. The molecule has 1 aliphatic heterocycles. The number of amides is 1. The maximum atomic E-state index is 12.4. The number of ether oxygens (including phenoxy) is 2. The van der Waals surface area contributed by atoms with Gasteiger partial charge in [-0.25, -0.2) is 4.79 Å². The van der Waals surface area contributed by atoms with E-state index < -0.39 is 5.97 Å². The Kier molecular flexibility index (Phi) is 6.09. The van der Waals surface area contributed by atoms with Crippen LogP contribution in [0.25, 0.3) is 11.1 Å². The van der Waals surface area contributed by atoms with Gasteiger partial charge in [-0.15, -0.1) is 0 Å². The van der Waals surface area contributed by atoms with Crippen LogP contribution in [-0.4, -0.2) is 36.5 Å². The third-order valence-corrected chi connectivity index (χ3v) is 5.16. The van der Waals surface area contributed by atoms with Crippen molar-refractivity contribution >= 4 is 11.9 Å². The maximum absolute atomic E-state index is 12.4. The molecule has 0 saturated heterocycles. The predicted molar refractivity (Wildman–Crippen MR) is 114 cm³/mol. The van der Waals surface area contributed by atoms with E-state index in [0.29, 0.717) is 18.8 Å². The molecule has 0 aromatic heterocycles. The van der Waals surface area contributed by atoms with E-state index in [2.05, 4.69) is 6.07 Å². The molecule has 152 valence electrons. The molecule has 1 amide bonds. The van der Waals surface area contributed by atoms with Crippen LogP contribution in [0, 0.1) is 0 Å². The lowest BCUT2D eigenvalue weighted by Crippen LogP contribution is -2.38. The number of hydrogen-bond acceptors (Lipinski definition) is 4. The third kappa shape index (κ3) is 4.69. The molecule has 0 spiro atoms. The second-order valence-corrected chi connectivity index (χ2v) is 7.15. The smallest absolute Gasteiger partial charge is 0.344 e. The maximum Gasteiger partial charge on any atom is 0.344 e. The topological polar surface area (TPSA) is 55.8 Å². The van der Waals surface area contributed by atoms with Gasteiger partial charge in [0.05, 0.1) is 0 Å². The fourth-order valence-electron chi connectivity index (χ4n) is 3.57. The molecule has 0 N–H and O–H groups in total. The van der Waals surface area contributed by atoms with Gasteiger partial charge in [-0.3, -0.25) is 4.79 Å². The van der Waals surface area contributed by atoms with Crippen LogP contribution < -0.4 is 4.74 Å². The van der Waals surface area contributed by atoms with Crippen molar-refractivity contribution in [1.29, 1.82) is 0 Å². The molecule has 4 rings (SSSR count). The number of nitrogens with zero attached hydrogens (tertiary/aromatic N) is 1. The molecule has 30 heavy (non-hydrogen) atoms. The molecule has 0 unspecified atom stereocenters. The van der Waals surface area contributed by atoms with Crippen LogP contribution in [0.3, 0.4) is 0 Å². The molecule has 0 saturated carbocycles. The summed E-state index contributed by atoms with van der Waals surface area (Å²) in [5.41, 5.74) is 4.31. The number of hydrogen-bond donors (Lipinski definition) is 0. The minimum atomic E-state index is -0.566. The normalized spacial score (nSPS) is 12.7. The number of rotatable bonds is 6. The molecule has 3 aromatic carbocycles. The summed E-state index contributed by atoms with van der Waals surface area (Å²) >= 11 is 0. The van der Waals surface area contributed by atoms with E-state index in [0.717, 1.165) is 23.1 Å². The molecule has 0 fully saturated rings. The molecule has 3 aromatic rings. The standard InChI is InChI=1S/C25H23NO4/c27-24(26-15-14-19-8-4-5-11-21(19)16-26)17-30-25(28)18-29-23-13-7-6-12-22(23)20-9-2-1-3-10-20/h1-13H,14-18H2. The van der Waals surface area contributed by atoms with Crippen molar-refractivity contribution in [3.63, 3.8) is 0 Å². The SMILES string of the molecule is O=C(COc1ccccc1-c1ccccc1)OCC(=O)N1CCc2ccccc2C1. The van der Waals surface area contributed by atoms with Crippen LogP contribution in [0.4, 0.5) is 0 Å². The summed E-state index contributed by atoms with van der Waals surface area (Å²) in [5.74, 6) is -0.161. The first-order chi connectivity index (χ1) is 14.7. The molecule has 5 nitrogen and oxygen atoms in total. The first kappa shape index (κ1) is 19.7. The number of benzene rings is 3. The number of carbonyl (C=O) groups excluding carboxylic acids is 2. The van der Waals surface area contributed by atoms with Crippen LogP contribution in [0.1, 0.15) is 11.1 Å². The molecule has 0 bridgehead atoms. The van der Waals surface area contributed by atoms with Gasteiger partial charge in [-0.05, 0) is 29.2 Å². The van der Waals surface area contributed by atoms with Crippen molar-refractivity contribution in [2.45, 2.75) is 13.0 Å². The molecular weight excluding hydrogens is 378 g/mol. The number of fused-ring (bicyclic) bond motifs is 1. The van der Waals surface area contributed by atoms with E-state index in [-0.39, 0.29) is 19.1 Å². The Morgan fingerprint density at radius 1 is 0.800 bits per heavy atom. The molecular formula is C25H23NO4. The highest BCUT2D eigenvalue weighted by Crippen LogP contribution is 2.29. The Morgan fingerprint density at radius 2 is 1.50 bits per heavy atom. The van der Waals surface area contributed by atoms with Crippen molar-refractivity contribution in [3.8, 4) is 16.9 Å². The van der Waals surface area contributed by atoms with Crippen molar-refractivity contribution in [3.05, 3.63) is 90.0 Å². The number of carbonyl (C=O) groups is 2. The lowest BCUT2D eigenvalue weighted by molar-refractivity contribution is -0.154. The summed E-state index contributed by atoms with van der Waals surface area (Å²) in [7, 11) is 0. The van der Waals surface area contributed by atoms with Gasteiger partial charge in [0.2, 0.25) is 0 Å². The summed E-state index contributed by atoms with van der Waals surface area (Å²) in [6, 6.07) is 25.4. The van der Waals surface area contributed by atoms with Gasteiger partial charge in [0.25, 0.3) is 5.91 Å². The van der Waals surface area contributed by atoms with E-state index in [4.69, 9.17) is 9.47 Å². The van der Waals surface area contributed by atoms with Crippen LogP contribution >= 0.6 is 0 Å². The first-order valence-corrected chi connectivity index (χ1v) is 9.98.